The molecule has 0 bridgehead atoms. The predicted octanol–water partition coefficient (Wildman–Crippen LogP) is 4.07. The van der Waals surface area contributed by atoms with Crippen LogP contribution in [-0.4, -0.2) is 10.9 Å². The van der Waals surface area contributed by atoms with Crippen LogP contribution in [0.3, 0.4) is 0 Å². The molecule has 0 radical (unpaired) electrons. The average molecular weight is 337 g/mol. The molecule has 0 spiro atoms. The molecule has 2 heterocycles. The van der Waals surface area contributed by atoms with Crippen molar-refractivity contribution in [2.75, 3.05) is 5.32 Å². The summed E-state index contributed by atoms with van der Waals surface area (Å²) >= 11 is 1.43. The maximum absolute atomic E-state index is 12.3. The molecule has 0 fully saturated rings. The number of nitrogens with one attached hydrogen (secondary N) is 1. The van der Waals surface area contributed by atoms with Gasteiger partial charge < -0.3 is 4.42 Å². The van der Waals surface area contributed by atoms with Crippen LogP contribution in [-0.2, 0) is 6.42 Å². The van der Waals surface area contributed by atoms with E-state index in [-0.39, 0.29) is 5.91 Å². The fraction of sp³-hybridized carbons (Fsp3) is 0.167. The van der Waals surface area contributed by atoms with Gasteiger partial charge in [0.05, 0.1) is 17.2 Å². The van der Waals surface area contributed by atoms with Crippen molar-refractivity contribution < 1.29 is 9.21 Å². The number of aromatic nitrogens is 1. The molecule has 6 heteroatoms. The van der Waals surface area contributed by atoms with Gasteiger partial charge in [-0.3, -0.25) is 10.1 Å². The maximum Gasteiger partial charge on any atom is 0.260 e. The molecule has 5 nitrogen and oxygen atoms in total. The SMILES string of the molecule is Cc1cc(C(=O)Nc2ncc(Cc3ccc(C#N)cc3)s2)c(C)o1. The van der Waals surface area contributed by atoms with Gasteiger partial charge in [0.2, 0.25) is 0 Å². The predicted molar refractivity (Wildman–Crippen MR) is 92.2 cm³/mol. The van der Waals surface area contributed by atoms with Gasteiger partial charge in [0.15, 0.2) is 5.13 Å². The number of nitrogens with zero attached hydrogens (tertiary/aromatic N) is 2. The highest BCUT2D eigenvalue weighted by Gasteiger charge is 2.15. The van der Waals surface area contributed by atoms with Crippen LogP contribution in [0.5, 0.6) is 0 Å². The normalized spacial score (nSPS) is 10.4. The van der Waals surface area contributed by atoms with Crippen LogP contribution in [0.15, 0.2) is 40.9 Å². The highest BCUT2D eigenvalue weighted by molar-refractivity contribution is 7.15. The van der Waals surface area contributed by atoms with Crippen LogP contribution < -0.4 is 5.32 Å². The van der Waals surface area contributed by atoms with Crippen molar-refractivity contribution in [2.24, 2.45) is 0 Å². The number of rotatable bonds is 4. The second kappa shape index (κ2) is 6.69. The highest BCUT2D eigenvalue weighted by atomic mass is 32.1. The molecule has 3 rings (SSSR count). The third-order valence-corrected chi connectivity index (χ3v) is 4.43. The Kier molecular flexibility index (Phi) is 4.45. The van der Waals surface area contributed by atoms with Crippen LogP contribution in [0.25, 0.3) is 0 Å². The number of hydrogen-bond donors (Lipinski definition) is 1. The van der Waals surface area contributed by atoms with Crippen molar-refractivity contribution in [1.29, 1.82) is 5.26 Å². The van der Waals surface area contributed by atoms with E-state index in [4.69, 9.17) is 9.68 Å². The van der Waals surface area contributed by atoms with Crippen molar-refractivity contribution in [1.82, 2.24) is 4.98 Å². The Hall–Kier alpha value is -2.91. The smallest absolute Gasteiger partial charge is 0.260 e. The first kappa shape index (κ1) is 16.0. The summed E-state index contributed by atoms with van der Waals surface area (Å²) in [6, 6.07) is 11.3. The minimum absolute atomic E-state index is 0.219. The first-order valence-electron chi connectivity index (χ1n) is 7.37. The van der Waals surface area contributed by atoms with E-state index in [1.165, 1.54) is 11.3 Å². The Morgan fingerprint density at radius 3 is 2.71 bits per heavy atom. The Morgan fingerprint density at radius 1 is 1.33 bits per heavy atom. The minimum atomic E-state index is -0.219. The lowest BCUT2D eigenvalue weighted by molar-refractivity contribution is 0.102. The zero-order valence-electron chi connectivity index (χ0n) is 13.3. The molecule has 1 aromatic carbocycles. The summed E-state index contributed by atoms with van der Waals surface area (Å²) < 4.78 is 5.38. The van der Waals surface area contributed by atoms with Crippen molar-refractivity contribution in [3.8, 4) is 6.07 Å². The van der Waals surface area contributed by atoms with Crippen LogP contribution in [0.4, 0.5) is 5.13 Å². The Labute approximate surface area is 143 Å². The molecule has 3 aromatic rings. The topological polar surface area (TPSA) is 78.9 Å². The summed E-state index contributed by atoms with van der Waals surface area (Å²) in [6.45, 7) is 3.57. The van der Waals surface area contributed by atoms with Gasteiger partial charge in [-0.15, -0.1) is 11.3 Å². The Balaban J connectivity index is 1.68. The van der Waals surface area contributed by atoms with Crippen molar-refractivity contribution in [3.05, 3.63) is 69.6 Å². The Bertz CT molecular complexity index is 917. The number of furan rings is 1. The molecule has 0 aliphatic heterocycles. The second-order valence-corrected chi connectivity index (χ2v) is 6.51. The Morgan fingerprint density at radius 2 is 2.08 bits per heavy atom. The van der Waals surface area contributed by atoms with E-state index in [1.807, 2.05) is 19.1 Å². The first-order chi connectivity index (χ1) is 11.5. The summed E-state index contributed by atoms with van der Waals surface area (Å²) in [5.41, 5.74) is 2.26. The van der Waals surface area contributed by atoms with Crippen molar-refractivity contribution in [2.45, 2.75) is 20.3 Å². The molecule has 0 unspecified atom stereocenters. The number of hydrogen-bond acceptors (Lipinski definition) is 5. The molecule has 0 aliphatic carbocycles. The number of anilines is 1. The summed E-state index contributed by atoms with van der Waals surface area (Å²) in [4.78, 5) is 17.5. The molecule has 0 saturated heterocycles. The van der Waals surface area contributed by atoms with E-state index in [2.05, 4.69) is 16.4 Å². The molecule has 0 atom stereocenters. The minimum Gasteiger partial charge on any atom is -0.466 e. The largest absolute Gasteiger partial charge is 0.466 e. The van der Waals surface area contributed by atoms with Crippen LogP contribution in [0.1, 0.15) is 37.9 Å². The number of amides is 1. The molecule has 24 heavy (non-hydrogen) atoms. The molecule has 0 saturated carbocycles. The molecule has 2 aromatic heterocycles. The molecule has 0 aliphatic rings. The lowest BCUT2D eigenvalue weighted by Gasteiger charge is -2.00. The highest BCUT2D eigenvalue weighted by Crippen LogP contribution is 2.23. The van der Waals surface area contributed by atoms with Gasteiger partial charge in [-0.05, 0) is 37.6 Å². The van der Waals surface area contributed by atoms with Gasteiger partial charge in [0.1, 0.15) is 11.5 Å². The van der Waals surface area contributed by atoms with E-state index < -0.39 is 0 Å². The van der Waals surface area contributed by atoms with Crippen molar-refractivity contribution in [3.63, 3.8) is 0 Å². The van der Waals surface area contributed by atoms with E-state index in [9.17, 15) is 4.79 Å². The number of benzene rings is 1. The zero-order valence-corrected chi connectivity index (χ0v) is 14.1. The molecule has 1 N–H and O–H groups in total. The van der Waals surface area contributed by atoms with E-state index >= 15 is 0 Å². The fourth-order valence-corrected chi connectivity index (χ4v) is 3.21. The second-order valence-electron chi connectivity index (χ2n) is 5.40. The molecule has 120 valence electrons. The van der Waals surface area contributed by atoms with E-state index in [1.54, 1.807) is 31.3 Å². The van der Waals surface area contributed by atoms with Crippen LogP contribution in [0.2, 0.25) is 0 Å². The summed E-state index contributed by atoms with van der Waals surface area (Å²) in [7, 11) is 0. The summed E-state index contributed by atoms with van der Waals surface area (Å²) in [6.07, 6.45) is 2.47. The van der Waals surface area contributed by atoms with Gasteiger partial charge in [0.25, 0.3) is 5.91 Å². The van der Waals surface area contributed by atoms with Gasteiger partial charge in [-0.25, -0.2) is 4.98 Å². The zero-order chi connectivity index (χ0) is 17.1. The fourth-order valence-electron chi connectivity index (χ4n) is 2.37. The summed E-state index contributed by atoms with van der Waals surface area (Å²) in [5, 5.41) is 12.2. The number of carbonyl (C=O) groups excluding carboxylic acids is 1. The van der Waals surface area contributed by atoms with Crippen LogP contribution >= 0.6 is 11.3 Å². The van der Waals surface area contributed by atoms with Crippen LogP contribution in [0, 0.1) is 25.2 Å². The van der Waals surface area contributed by atoms with Gasteiger partial charge in [-0.1, -0.05) is 12.1 Å². The monoisotopic (exact) mass is 337 g/mol. The van der Waals surface area contributed by atoms with E-state index in [0.29, 0.717) is 34.2 Å². The average Bonchev–Trinajstić information content (AvgIpc) is 3.14. The van der Waals surface area contributed by atoms with Gasteiger partial charge in [0, 0.05) is 17.5 Å². The third-order valence-electron chi connectivity index (χ3n) is 3.52. The first-order valence-corrected chi connectivity index (χ1v) is 8.19. The molecular formula is C18H15N3O2S. The van der Waals surface area contributed by atoms with Gasteiger partial charge >= 0.3 is 0 Å². The number of nitriles is 1. The van der Waals surface area contributed by atoms with Crippen molar-refractivity contribution >= 4 is 22.4 Å². The molecular weight excluding hydrogens is 322 g/mol. The number of aryl methyl sites for hydroxylation is 2. The summed E-state index contributed by atoms with van der Waals surface area (Å²) in [5.74, 6) is 1.08. The lowest BCUT2D eigenvalue weighted by Crippen LogP contribution is -2.11. The lowest BCUT2D eigenvalue weighted by atomic mass is 10.1. The number of carbonyl (C=O) groups is 1. The maximum atomic E-state index is 12.3. The molecule has 1 amide bonds. The third kappa shape index (κ3) is 3.53. The standard InChI is InChI=1S/C18H15N3O2S/c1-11-7-16(12(2)23-11)17(22)21-18-20-10-15(24-18)8-13-3-5-14(9-19)6-4-13/h3-7,10H,8H2,1-2H3,(H,20,21,22). The quantitative estimate of drug-likeness (QED) is 0.778. The van der Waals surface area contributed by atoms with Gasteiger partial charge in [-0.2, -0.15) is 5.26 Å². The van der Waals surface area contributed by atoms with E-state index in [0.717, 1.165) is 10.4 Å². The number of thiazole rings is 1.